The number of carbonyl (C=O) groups excluding carboxylic acids is 6. The first-order valence-electron chi connectivity index (χ1n) is 17.8. The molecular formula is C41H29Cl7N8O7. The number of azo groups is 2. The minimum atomic E-state index is -1.70. The number of hydrogen-bond donors (Lipinski definition) is 4. The minimum absolute atomic E-state index is 0.00760. The van der Waals surface area contributed by atoms with Gasteiger partial charge in [0.05, 0.1) is 47.2 Å². The second-order valence-corrected chi connectivity index (χ2v) is 15.5. The van der Waals surface area contributed by atoms with Crippen molar-refractivity contribution in [3.8, 4) is 5.75 Å². The van der Waals surface area contributed by atoms with Crippen molar-refractivity contribution in [2.75, 3.05) is 27.3 Å². The number of anilines is 4. The van der Waals surface area contributed by atoms with Gasteiger partial charge in [0.1, 0.15) is 17.1 Å². The molecule has 2 atom stereocenters. The van der Waals surface area contributed by atoms with Crippen LogP contribution in [0.4, 0.5) is 34.1 Å². The van der Waals surface area contributed by atoms with Crippen LogP contribution in [-0.2, 0) is 19.2 Å². The number of nitrogens with zero attached hydrogens (tertiary/aromatic N) is 4. The van der Waals surface area contributed by atoms with Crippen LogP contribution in [-0.4, -0.2) is 53.3 Å². The predicted molar refractivity (Wildman–Crippen MR) is 245 cm³/mol. The lowest BCUT2D eigenvalue weighted by molar-refractivity contribution is -0.127. The number of rotatable bonds is 16. The standard InChI is InChI=1S/C41H29Cl7N8O7/c1-19(57)34(55-53-31-15-21(9-12-24(31)43)38(59)51-36-26(45)5-3-6-27(36)46)40(61)49-23-11-14-30(33(17-23)63-18-42)50-41(62)35(20(2)58)56-54-32-16-22(10-13-25(32)44)39(60)52-37-28(47)7-4-8-29(37)48/h3-17,34-35H,18H2,1-2H3,(H,49,61)(H,50,62)(H,51,59)(H,52,60). The second-order valence-electron chi connectivity index (χ2n) is 12.8. The lowest BCUT2D eigenvalue weighted by Crippen LogP contribution is -2.32. The van der Waals surface area contributed by atoms with E-state index in [1.54, 1.807) is 36.4 Å². The fraction of sp³-hybridized carbons (Fsp3) is 0.122. The Bertz CT molecular complexity index is 2660. The van der Waals surface area contributed by atoms with Crippen LogP contribution < -0.4 is 26.0 Å². The molecule has 5 aromatic carbocycles. The van der Waals surface area contributed by atoms with Crippen molar-refractivity contribution >= 4 is 151 Å². The van der Waals surface area contributed by atoms with E-state index < -0.39 is 53.3 Å². The van der Waals surface area contributed by atoms with Crippen molar-refractivity contribution in [1.29, 1.82) is 0 Å². The molecule has 15 nitrogen and oxygen atoms in total. The van der Waals surface area contributed by atoms with E-state index in [1.807, 2.05) is 0 Å². The second kappa shape index (κ2) is 22.1. The maximum absolute atomic E-state index is 13.4. The smallest absolute Gasteiger partial charge is 0.258 e. The normalized spacial score (nSPS) is 12.1. The molecule has 4 amide bonds. The SMILES string of the molecule is CC(=O)C(N=Nc1cc(C(=O)Nc2c(Cl)cccc2Cl)ccc1Cl)C(=O)Nc1ccc(NC(=O)C(N=Nc2cc(C(=O)Nc3c(Cl)cccc3Cl)ccc2Cl)C(C)=O)c(OCCl)c1. The molecular weight excluding hydrogens is 965 g/mol. The van der Waals surface area contributed by atoms with Gasteiger partial charge in [-0.2, -0.15) is 20.5 Å². The molecule has 2 unspecified atom stereocenters. The number of amides is 4. The van der Waals surface area contributed by atoms with Crippen molar-refractivity contribution < 1.29 is 33.5 Å². The molecule has 22 heteroatoms. The summed E-state index contributed by atoms with van der Waals surface area (Å²) in [6.07, 6.45) is 0. The number of carbonyl (C=O) groups is 6. The van der Waals surface area contributed by atoms with Gasteiger partial charge in [0.15, 0.2) is 17.6 Å². The molecule has 5 aromatic rings. The van der Waals surface area contributed by atoms with Crippen LogP contribution in [0, 0.1) is 0 Å². The summed E-state index contributed by atoms with van der Waals surface area (Å²) in [5, 5.41) is 27.0. The highest BCUT2D eigenvalue weighted by molar-refractivity contribution is 6.41. The fourth-order valence-electron chi connectivity index (χ4n) is 5.24. The third kappa shape index (κ3) is 12.7. The van der Waals surface area contributed by atoms with Crippen LogP contribution >= 0.6 is 81.2 Å². The van der Waals surface area contributed by atoms with E-state index in [0.717, 1.165) is 13.8 Å². The molecule has 0 bridgehead atoms. The molecule has 0 radical (unpaired) electrons. The Kier molecular flexibility index (Phi) is 17.0. The monoisotopic (exact) mass is 990 g/mol. The molecule has 0 fully saturated rings. The number of ketones is 2. The maximum Gasteiger partial charge on any atom is 0.258 e. The molecule has 0 spiro atoms. The first-order chi connectivity index (χ1) is 30.0. The summed E-state index contributed by atoms with van der Waals surface area (Å²) in [4.78, 5) is 77.9. The van der Waals surface area contributed by atoms with Crippen molar-refractivity contribution in [1.82, 2.24) is 0 Å². The number of ether oxygens (including phenoxy) is 1. The van der Waals surface area contributed by atoms with Crippen molar-refractivity contribution in [2.24, 2.45) is 20.5 Å². The molecule has 5 rings (SSSR count). The largest absolute Gasteiger partial charge is 0.476 e. The first kappa shape index (κ1) is 48.4. The first-order valence-corrected chi connectivity index (χ1v) is 20.6. The quantitative estimate of drug-likeness (QED) is 0.0426. The zero-order valence-electron chi connectivity index (χ0n) is 32.3. The lowest BCUT2D eigenvalue weighted by Gasteiger charge is -2.15. The molecule has 4 N–H and O–H groups in total. The van der Waals surface area contributed by atoms with Gasteiger partial charge in [-0.15, -0.1) is 0 Å². The molecule has 0 aromatic heterocycles. The van der Waals surface area contributed by atoms with E-state index in [9.17, 15) is 28.8 Å². The number of benzene rings is 5. The Balaban J connectivity index is 1.29. The molecule has 0 aliphatic rings. The van der Waals surface area contributed by atoms with Crippen LogP contribution in [0.15, 0.2) is 111 Å². The van der Waals surface area contributed by atoms with Crippen molar-refractivity contribution in [3.05, 3.63) is 132 Å². The number of halogens is 7. The molecule has 324 valence electrons. The average molecular weight is 994 g/mol. The zero-order chi connectivity index (χ0) is 46.0. The van der Waals surface area contributed by atoms with E-state index in [4.69, 9.17) is 85.9 Å². The number of Topliss-reactive ketones (excluding diaryl/α,β-unsaturated/α-hetero) is 2. The Hall–Kier alpha value is -5.65. The van der Waals surface area contributed by atoms with Crippen LogP contribution in [0.5, 0.6) is 5.75 Å². The number of alkyl halides is 1. The molecule has 0 aliphatic heterocycles. The summed E-state index contributed by atoms with van der Waals surface area (Å²) in [6.45, 7) is 2.23. The molecule has 0 saturated heterocycles. The van der Waals surface area contributed by atoms with Crippen molar-refractivity contribution in [2.45, 2.75) is 25.9 Å². The summed E-state index contributed by atoms with van der Waals surface area (Å²) in [5.41, 5.74) is 0.549. The minimum Gasteiger partial charge on any atom is -0.476 e. The Morgan fingerprint density at radius 1 is 0.540 bits per heavy atom. The van der Waals surface area contributed by atoms with Gasteiger partial charge in [-0.1, -0.05) is 93.3 Å². The molecule has 0 aliphatic carbocycles. The van der Waals surface area contributed by atoms with Gasteiger partial charge in [-0.25, -0.2) is 0 Å². The van der Waals surface area contributed by atoms with Gasteiger partial charge in [0, 0.05) is 22.9 Å². The summed E-state index contributed by atoms with van der Waals surface area (Å²) in [6, 6.07) is 17.7. The fourth-order valence-corrected chi connectivity index (χ4v) is 6.65. The number of nitrogens with one attached hydrogen (secondary N) is 4. The summed E-state index contributed by atoms with van der Waals surface area (Å²) in [5.74, 6) is -4.53. The van der Waals surface area contributed by atoms with Crippen LogP contribution in [0.25, 0.3) is 0 Å². The highest BCUT2D eigenvalue weighted by atomic mass is 35.5. The van der Waals surface area contributed by atoms with E-state index in [0.29, 0.717) is 0 Å². The Morgan fingerprint density at radius 2 is 0.968 bits per heavy atom. The van der Waals surface area contributed by atoms with E-state index in [1.165, 1.54) is 54.6 Å². The number of para-hydroxylation sites is 2. The van der Waals surface area contributed by atoms with Gasteiger partial charge in [-0.05, 0) is 86.6 Å². The van der Waals surface area contributed by atoms with Gasteiger partial charge >= 0.3 is 0 Å². The van der Waals surface area contributed by atoms with Crippen molar-refractivity contribution in [3.63, 3.8) is 0 Å². The number of hydrogen-bond acceptors (Lipinski definition) is 11. The summed E-state index contributed by atoms with van der Waals surface area (Å²) >= 11 is 43.1. The summed E-state index contributed by atoms with van der Waals surface area (Å²) in [7, 11) is 0. The van der Waals surface area contributed by atoms with Crippen LogP contribution in [0.3, 0.4) is 0 Å². The Labute approximate surface area is 393 Å². The third-order valence-corrected chi connectivity index (χ3v) is 10.4. The lowest BCUT2D eigenvalue weighted by atomic mass is 10.1. The topological polar surface area (TPSA) is 209 Å². The van der Waals surface area contributed by atoms with Gasteiger partial charge in [0.2, 0.25) is 12.1 Å². The van der Waals surface area contributed by atoms with Crippen LogP contribution in [0.2, 0.25) is 30.1 Å². The average Bonchev–Trinajstić information content (AvgIpc) is 3.22. The van der Waals surface area contributed by atoms with E-state index in [-0.39, 0.29) is 81.1 Å². The van der Waals surface area contributed by atoms with E-state index >= 15 is 0 Å². The molecule has 63 heavy (non-hydrogen) atoms. The van der Waals surface area contributed by atoms with Gasteiger partial charge in [-0.3, -0.25) is 28.8 Å². The van der Waals surface area contributed by atoms with Gasteiger partial charge < -0.3 is 26.0 Å². The molecule has 0 saturated carbocycles. The molecule has 0 heterocycles. The predicted octanol–water partition coefficient (Wildman–Crippen LogP) is 12.0. The van der Waals surface area contributed by atoms with Gasteiger partial charge in [0.25, 0.3) is 23.6 Å². The highest BCUT2D eigenvalue weighted by Crippen LogP contribution is 2.34. The van der Waals surface area contributed by atoms with E-state index in [2.05, 4.69) is 41.7 Å². The zero-order valence-corrected chi connectivity index (χ0v) is 37.6. The highest BCUT2D eigenvalue weighted by Gasteiger charge is 2.27. The maximum atomic E-state index is 13.4. The van der Waals surface area contributed by atoms with Crippen LogP contribution in [0.1, 0.15) is 34.6 Å². The summed E-state index contributed by atoms with van der Waals surface area (Å²) < 4.78 is 5.46. The third-order valence-electron chi connectivity index (χ3n) is 8.37. The Morgan fingerprint density at radius 3 is 1.38 bits per heavy atom.